The molecule has 0 aliphatic rings. The summed E-state index contributed by atoms with van der Waals surface area (Å²) in [5, 5.41) is 8.61. The van der Waals surface area contributed by atoms with Gasteiger partial charge in [-0.3, -0.25) is 4.79 Å². The monoisotopic (exact) mass is 144 g/mol. The van der Waals surface area contributed by atoms with Gasteiger partial charge in [-0.2, -0.15) is 0 Å². The minimum absolute atomic E-state index is 0.106. The van der Waals surface area contributed by atoms with E-state index in [-0.39, 0.29) is 24.2 Å². The Morgan fingerprint density at radius 3 is 2.20 bits per heavy atom. The largest absolute Gasteiger partial charge is 0.396 e. The van der Waals surface area contributed by atoms with Gasteiger partial charge in [-0.25, -0.2) is 0 Å². The number of ketones is 1. The molecule has 1 unspecified atom stereocenters. The third kappa shape index (κ3) is 3.62. The van der Waals surface area contributed by atoms with Gasteiger partial charge in [0.05, 0.1) is 0 Å². The summed E-state index contributed by atoms with van der Waals surface area (Å²) in [5.41, 5.74) is 0. The molecule has 1 N–H and O–H groups in total. The highest BCUT2D eigenvalue weighted by Gasteiger charge is 2.10. The SMILES string of the molecule is CC(CO)CC(=O)C(C)C. The van der Waals surface area contributed by atoms with Gasteiger partial charge >= 0.3 is 0 Å². The first kappa shape index (κ1) is 9.63. The van der Waals surface area contributed by atoms with E-state index >= 15 is 0 Å². The maximum absolute atomic E-state index is 11.0. The summed E-state index contributed by atoms with van der Waals surface area (Å²) in [4.78, 5) is 11.0. The van der Waals surface area contributed by atoms with E-state index in [2.05, 4.69) is 0 Å². The fourth-order valence-electron chi connectivity index (χ4n) is 0.644. The summed E-state index contributed by atoms with van der Waals surface area (Å²) >= 11 is 0. The molecule has 10 heavy (non-hydrogen) atoms. The maximum Gasteiger partial charge on any atom is 0.135 e. The van der Waals surface area contributed by atoms with E-state index in [0.717, 1.165) is 0 Å². The van der Waals surface area contributed by atoms with Crippen molar-refractivity contribution in [2.24, 2.45) is 11.8 Å². The first-order valence-electron chi connectivity index (χ1n) is 3.71. The first-order valence-corrected chi connectivity index (χ1v) is 3.71. The molecule has 0 aliphatic heterocycles. The molecule has 0 radical (unpaired) electrons. The minimum Gasteiger partial charge on any atom is -0.396 e. The second-order valence-electron chi connectivity index (χ2n) is 3.11. The zero-order valence-corrected chi connectivity index (χ0v) is 6.92. The first-order chi connectivity index (χ1) is 4.57. The Morgan fingerprint density at radius 2 is 1.90 bits per heavy atom. The van der Waals surface area contributed by atoms with Crippen LogP contribution in [0.15, 0.2) is 0 Å². The summed E-state index contributed by atoms with van der Waals surface area (Å²) < 4.78 is 0. The van der Waals surface area contributed by atoms with Crippen LogP contribution in [-0.4, -0.2) is 17.5 Å². The van der Waals surface area contributed by atoms with Crippen LogP contribution in [0.1, 0.15) is 27.2 Å². The van der Waals surface area contributed by atoms with Gasteiger partial charge in [0.1, 0.15) is 5.78 Å². The number of Topliss-reactive ketones (excluding diaryl/α,β-unsaturated/α-hetero) is 1. The third-order valence-corrected chi connectivity index (χ3v) is 1.51. The highest BCUT2D eigenvalue weighted by molar-refractivity contribution is 5.80. The Balaban J connectivity index is 3.57. The molecule has 1 atom stereocenters. The van der Waals surface area contributed by atoms with E-state index in [1.165, 1.54) is 0 Å². The molecule has 0 fully saturated rings. The molecule has 0 saturated carbocycles. The summed E-state index contributed by atoms with van der Waals surface area (Å²) in [6.45, 7) is 5.75. The van der Waals surface area contributed by atoms with Gasteiger partial charge in [-0.1, -0.05) is 20.8 Å². The predicted octanol–water partition coefficient (Wildman–Crippen LogP) is 1.23. The van der Waals surface area contributed by atoms with Crippen molar-refractivity contribution < 1.29 is 9.90 Å². The fourth-order valence-corrected chi connectivity index (χ4v) is 0.644. The van der Waals surface area contributed by atoms with Crippen LogP contribution < -0.4 is 0 Å². The Hall–Kier alpha value is -0.370. The van der Waals surface area contributed by atoms with Crippen molar-refractivity contribution in [1.82, 2.24) is 0 Å². The standard InChI is InChI=1S/C8H16O2/c1-6(2)8(10)4-7(3)5-9/h6-7,9H,4-5H2,1-3H3. The molecule has 0 heterocycles. The molecule has 0 spiro atoms. The molecule has 0 aromatic rings. The van der Waals surface area contributed by atoms with E-state index in [4.69, 9.17) is 5.11 Å². The minimum atomic E-state index is 0.106. The molecule has 0 amide bonds. The van der Waals surface area contributed by atoms with E-state index in [1.54, 1.807) is 0 Å². The molecule has 0 saturated heterocycles. The molecule has 2 nitrogen and oxygen atoms in total. The average Bonchev–Trinajstić information content (AvgIpc) is 1.87. The molecule has 60 valence electrons. The van der Waals surface area contributed by atoms with Crippen LogP contribution in [0.25, 0.3) is 0 Å². The lowest BCUT2D eigenvalue weighted by Crippen LogP contribution is -2.13. The second-order valence-corrected chi connectivity index (χ2v) is 3.11. The topological polar surface area (TPSA) is 37.3 Å². The van der Waals surface area contributed by atoms with E-state index in [1.807, 2.05) is 20.8 Å². The zero-order chi connectivity index (χ0) is 8.15. The molecular weight excluding hydrogens is 128 g/mol. The van der Waals surface area contributed by atoms with Crippen molar-refractivity contribution in [2.45, 2.75) is 27.2 Å². The van der Waals surface area contributed by atoms with Gasteiger partial charge in [0.2, 0.25) is 0 Å². The van der Waals surface area contributed by atoms with Crippen LogP contribution in [0.4, 0.5) is 0 Å². The Bertz CT molecular complexity index is 108. The normalized spacial score (nSPS) is 13.7. The maximum atomic E-state index is 11.0. The van der Waals surface area contributed by atoms with E-state index in [9.17, 15) is 4.79 Å². The van der Waals surface area contributed by atoms with Gasteiger partial charge in [-0.05, 0) is 5.92 Å². The highest BCUT2D eigenvalue weighted by atomic mass is 16.3. The number of hydrogen-bond donors (Lipinski definition) is 1. The van der Waals surface area contributed by atoms with Crippen molar-refractivity contribution >= 4 is 5.78 Å². The number of carbonyl (C=O) groups is 1. The van der Waals surface area contributed by atoms with Gasteiger partial charge in [0.25, 0.3) is 0 Å². The van der Waals surface area contributed by atoms with Gasteiger partial charge in [0.15, 0.2) is 0 Å². The van der Waals surface area contributed by atoms with Crippen LogP contribution in [-0.2, 0) is 4.79 Å². The lowest BCUT2D eigenvalue weighted by molar-refractivity contribution is -0.123. The summed E-state index contributed by atoms with van der Waals surface area (Å²) in [6.07, 6.45) is 0.508. The molecule has 0 aliphatic carbocycles. The number of carbonyl (C=O) groups excluding carboxylic acids is 1. The quantitative estimate of drug-likeness (QED) is 0.644. The second kappa shape index (κ2) is 4.45. The predicted molar refractivity (Wildman–Crippen MR) is 40.7 cm³/mol. The van der Waals surface area contributed by atoms with Crippen LogP contribution in [0.3, 0.4) is 0 Å². The van der Waals surface area contributed by atoms with Crippen molar-refractivity contribution in [1.29, 1.82) is 0 Å². The zero-order valence-electron chi connectivity index (χ0n) is 6.92. The fraction of sp³-hybridized carbons (Fsp3) is 0.875. The highest BCUT2D eigenvalue weighted by Crippen LogP contribution is 2.06. The Kier molecular flexibility index (Phi) is 4.28. The molecular formula is C8H16O2. The lowest BCUT2D eigenvalue weighted by atomic mass is 9.99. The third-order valence-electron chi connectivity index (χ3n) is 1.51. The molecule has 0 bridgehead atoms. The summed E-state index contributed by atoms with van der Waals surface area (Å²) in [6, 6.07) is 0. The number of rotatable bonds is 4. The van der Waals surface area contributed by atoms with Crippen LogP contribution >= 0.6 is 0 Å². The average molecular weight is 144 g/mol. The van der Waals surface area contributed by atoms with Crippen molar-refractivity contribution in [3.8, 4) is 0 Å². The number of hydrogen-bond acceptors (Lipinski definition) is 2. The Labute approximate surface area is 62.2 Å². The summed E-state index contributed by atoms with van der Waals surface area (Å²) in [7, 11) is 0. The molecule has 0 rings (SSSR count). The Morgan fingerprint density at radius 1 is 1.40 bits per heavy atom. The number of aliphatic hydroxyl groups is 1. The lowest BCUT2D eigenvalue weighted by Gasteiger charge is -2.07. The molecule has 2 heteroatoms. The van der Waals surface area contributed by atoms with Crippen molar-refractivity contribution in [2.75, 3.05) is 6.61 Å². The van der Waals surface area contributed by atoms with Crippen LogP contribution in [0, 0.1) is 11.8 Å². The van der Waals surface area contributed by atoms with Crippen LogP contribution in [0.5, 0.6) is 0 Å². The van der Waals surface area contributed by atoms with Gasteiger partial charge in [0, 0.05) is 18.9 Å². The smallest absolute Gasteiger partial charge is 0.135 e. The molecule has 0 aromatic carbocycles. The van der Waals surface area contributed by atoms with Crippen molar-refractivity contribution in [3.63, 3.8) is 0 Å². The van der Waals surface area contributed by atoms with Crippen LogP contribution in [0.2, 0.25) is 0 Å². The van der Waals surface area contributed by atoms with Gasteiger partial charge in [-0.15, -0.1) is 0 Å². The van der Waals surface area contributed by atoms with Gasteiger partial charge < -0.3 is 5.11 Å². The number of aliphatic hydroxyl groups excluding tert-OH is 1. The van der Waals surface area contributed by atoms with E-state index < -0.39 is 0 Å². The van der Waals surface area contributed by atoms with E-state index in [0.29, 0.717) is 6.42 Å². The summed E-state index contributed by atoms with van der Waals surface area (Å²) in [5.74, 6) is 0.463. The molecule has 0 aromatic heterocycles. The van der Waals surface area contributed by atoms with Crippen molar-refractivity contribution in [3.05, 3.63) is 0 Å².